The fraction of sp³-hybridized carbons (Fsp3) is 0.200. The summed E-state index contributed by atoms with van der Waals surface area (Å²) in [4.78, 5) is 4.49. The molecular weight excluding hydrogens is 222 g/mol. The number of H-pyrrole nitrogens is 1. The number of nitrogens with zero attached hydrogens (tertiary/aromatic N) is 2. The smallest absolute Gasteiger partial charge is 0.177 e. The van der Waals surface area contributed by atoms with Gasteiger partial charge in [-0.25, -0.2) is 4.98 Å². The van der Waals surface area contributed by atoms with Crippen molar-refractivity contribution >= 4 is 5.57 Å². The van der Waals surface area contributed by atoms with Gasteiger partial charge < -0.3 is 0 Å². The summed E-state index contributed by atoms with van der Waals surface area (Å²) in [7, 11) is 0. The van der Waals surface area contributed by atoms with Crippen LogP contribution < -0.4 is 0 Å². The molecule has 0 aliphatic rings. The Kier molecular flexibility index (Phi) is 4.07. The molecule has 0 bridgehead atoms. The number of aromatic amines is 1. The van der Waals surface area contributed by atoms with Crippen molar-refractivity contribution in [2.45, 2.75) is 20.3 Å². The molecule has 0 spiro atoms. The van der Waals surface area contributed by atoms with E-state index in [0.29, 0.717) is 0 Å². The summed E-state index contributed by atoms with van der Waals surface area (Å²) in [6, 6.07) is 10.00. The lowest BCUT2D eigenvalue weighted by Gasteiger charge is -1.93. The van der Waals surface area contributed by atoms with Crippen molar-refractivity contribution in [3.05, 3.63) is 54.4 Å². The Balaban J connectivity index is 2.21. The van der Waals surface area contributed by atoms with E-state index in [2.05, 4.69) is 28.2 Å². The highest BCUT2D eigenvalue weighted by Crippen LogP contribution is 2.16. The molecule has 3 heteroatoms. The van der Waals surface area contributed by atoms with Gasteiger partial charge in [0.2, 0.25) is 0 Å². The van der Waals surface area contributed by atoms with Gasteiger partial charge in [-0.2, -0.15) is 5.10 Å². The molecule has 0 aliphatic carbocycles. The van der Waals surface area contributed by atoms with Gasteiger partial charge in [0.25, 0.3) is 0 Å². The minimum absolute atomic E-state index is 0.745. The molecule has 3 nitrogen and oxygen atoms in total. The Labute approximate surface area is 107 Å². The first kappa shape index (κ1) is 12.3. The van der Waals surface area contributed by atoms with Crippen molar-refractivity contribution in [1.29, 1.82) is 0 Å². The third kappa shape index (κ3) is 2.94. The van der Waals surface area contributed by atoms with E-state index in [0.717, 1.165) is 29.2 Å². The second-order valence-corrected chi connectivity index (χ2v) is 4.06. The third-order valence-corrected chi connectivity index (χ3v) is 2.60. The van der Waals surface area contributed by atoms with E-state index in [1.807, 2.05) is 49.4 Å². The summed E-state index contributed by atoms with van der Waals surface area (Å²) in [5.74, 6) is 1.55. The van der Waals surface area contributed by atoms with E-state index in [1.54, 1.807) is 0 Å². The molecule has 1 aromatic heterocycles. The van der Waals surface area contributed by atoms with Gasteiger partial charge >= 0.3 is 0 Å². The number of rotatable bonds is 4. The predicted octanol–water partition coefficient (Wildman–Crippen LogP) is 3.84. The van der Waals surface area contributed by atoms with Crippen LogP contribution in [0.15, 0.2) is 48.6 Å². The molecule has 2 rings (SSSR count). The molecular formula is C15H17N3. The van der Waals surface area contributed by atoms with Crippen molar-refractivity contribution in [2.75, 3.05) is 0 Å². The zero-order valence-corrected chi connectivity index (χ0v) is 10.7. The number of hydrogen-bond donors (Lipinski definition) is 1. The molecule has 2 aromatic rings. The van der Waals surface area contributed by atoms with Crippen LogP contribution in [0.25, 0.3) is 17.0 Å². The lowest BCUT2D eigenvalue weighted by atomic mass is 10.2. The van der Waals surface area contributed by atoms with Crippen LogP contribution >= 0.6 is 0 Å². The topological polar surface area (TPSA) is 41.6 Å². The first-order valence-electron chi connectivity index (χ1n) is 6.13. The molecule has 1 aromatic carbocycles. The molecule has 18 heavy (non-hydrogen) atoms. The van der Waals surface area contributed by atoms with Crippen molar-refractivity contribution in [3.63, 3.8) is 0 Å². The van der Waals surface area contributed by atoms with Gasteiger partial charge in [-0.05, 0) is 18.9 Å². The highest BCUT2D eigenvalue weighted by molar-refractivity contribution is 5.62. The molecule has 0 atom stereocenters. The second kappa shape index (κ2) is 5.96. The van der Waals surface area contributed by atoms with Crippen LogP contribution in [0.2, 0.25) is 0 Å². The molecule has 0 fully saturated rings. The van der Waals surface area contributed by atoms with Gasteiger partial charge in [0.1, 0.15) is 0 Å². The Morgan fingerprint density at radius 3 is 2.78 bits per heavy atom. The zero-order valence-electron chi connectivity index (χ0n) is 10.7. The summed E-state index contributed by atoms with van der Waals surface area (Å²) < 4.78 is 0. The van der Waals surface area contributed by atoms with Gasteiger partial charge in [0, 0.05) is 5.56 Å². The zero-order chi connectivity index (χ0) is 12.8. The molecule has 1 N–H and O–H groups in total. The van der Waals surface area contributed by atoms with Gasteiger partial charge in [-0.3, -0.25) is 5.10 Å². The average Bonchev–Trinajstić information content (AvgIpc) is 2.89. The lowest BCUT2D eigenvalue weighted by Crippen LogP contribution is -1.82. The normalized spacial score (nSPS) is 12.2. The summed E-state index contributed by atoms with van der Waals surface area (Å²) in [5.41, 5.74) is 2.10. The van der Waals surface area contributed by atoms with E-state index in [1.165, 1.54) is 0 Å². The summed E-state index contributed by atoms with van der Waals surface area (Å²) in [6.07, 6.45) is 7.20. The van der Waals surface area contributed by atoms with Crippen molar-refractivity contribution in [1.82, 2.24) is 15.2 Å². The molecule has 0 amide bonds. The Morgan fingerprint density at radius 2 is 2.06 bits per heavy atom. The maximum Gasteiger partial charge on any atom is 0.177 e. The van der Waals surface area contributed by atoms with E-state index in [-0.39, 0.29) is 0 Å². The van der Waals surface area contributed by atoms with Gasteiger partial charge in [0.05, 0.1) is 0 Å². The van der Waals surface area contributed by atoms with Crippen LogP contribution in [-0.2, 0) is 0 Å². The molecule has 0 saturated heterocycles. The van der Waals surface area contributed by atoms with Crippen molar-refractivity contribution in [2.24, 2.45) is 0 Å². The average molecular weight is 239 g/mol. The maximum atomic E-state index is 4.49. The predicted molar refractivity (Wildman–Crippen MR) is 74.9 cm³/mol. The highest BCUT2D eigenvalue weighted by atomic mass is 15.2. The lowest BCUT2D eigenvalue weighted by molar-refractivity contribution is 1.07. The molecule has 0 unspecified atom stereocenters. The number of benzene rings is 1. The van der Waals surface area contributed by atoms with E-state index in [9.17, 15) is 0 Å². The van der Waals surface area contributed by atoms with Crippen LogP contribution in [0.3, 0.4) is 0 Å². The fourth-order valence-electron chi connectivity index (χ4n) is 1.59. The largest absolute Gasteiger partial charge is 0.259 e. The molecule has 0 radical (unpaired) electrons. The molecule has 92 valence electrons. The second-order valence-electron chi connectivity index (χ2n) is 4.06. The first-order chi connectivity index (χ1) is 8.81. The Morgan fingerprint density at radius 1 is 1.28 bits per heavy atom. The van der Waals surface area contributed by atoms with E-state index >= 15 is 0 Å². The summed E-state index contributed by atoms with van der Waals surface area (Å²) in [6.45, 7) is 4.12. The van der Waals surface area contributed by atoms with Crippen LogP contribution in [0.4, 0.5) is 0 Å². The fourth-order valence-corrected chi connectivity index (χ4v) is 1.59. The standard InChI is InChI=1S/C15H17N3/c1-3-4-6-9-12(2)14-16-15(18-17-14)13-10-7-5-8-11-13/h4-11H,3H2,1-2H3,(H,16,17,18)/b6-4-,12-9+. The van der Waals surface area contributed by atoms with Crippen LogP contribution in [0.5, 0.6) is 0 Å². The number of aromatic nitrogens is 3. The Hall–Kier alpha value is -2.16. The SMILES string of the molecule is CC/C=C\C=C(/C)c1n[nH]c(-c2ccccc2)n1. The van der Waals surface area contributed by atoms with E-state index in [4.69, 9.17) is 0 Å². The molecule has 0 aliphatic heterocycles. The molecule has 0 saturated carbocycles. The maximum absolute atomic E-state index is 4.49. The van der Waals surface area contributed by atoms with Crippen LogP contribution in [-0.4, -0.2) is 15.2 Å². The van der Waals surface area contributed by atoms with Crippen LogP contribution in [0.1, 0.15) is 26.1 Å². The van der Waals surface area contributed by atoms with E-state index < -0.39 is 0 Å². The van der Waals surface area contributed by atoms with Gasteiger partial charge in [-0.15, -0.1) is 0 Å². The first-order valence-corrected chi connectivity index (χ1v) is 6.13. The Bertz CT molecular complexity index is 550. The van der Waals surface area contributed by atoms with Crippen molar-refractivity contribution in [3.8, 4) is 11.4 Å². The van der Waals surface area contributed by atoms with Gasteiger partial charge in [0.15, 0.2) is 11.6 Å². The van der Waals surface area contributed by atoms with Crippen LogP contribution in [0, 0.1) is 0 Å². The summed E-state index contributed by atoms with van der Waals surface area (Å²) >= 11 is 0. The summed E-state index contributed by atoms with van der Waals surface area (Å²) in [5, 5.41) is 7.20. The minimum Gasteiger partial charge on any atom is -0.259 e. The third-order valence-electron chi connectivity index (χ3n) is 2.60. The van der Waals surface area contributed by atoms with Gasteiger partial charge in [-0.1, -0.05) is 55.5 Å². The molecule has 1 heterocycles. The number of nitrogens with one attached hydrogen (secondary N) is 1. The minimum atomic E-state index is 0.745. The quantitative estimate of drug-likeness (QED) is 0.823. The number of hydrogen-bond acceptors (Lipinski definition) is 2. The highest BCUT2D eigenvalue weighted by Gasteiger charge is 2.05. The monoisotopic (exact) mass is 239 g/mol. The van der Waals surface area contributed by atoms with Crippen molar-refractivity contribution < 1.29 is 0 Å². The number of allylic oxidation sites excluding steroid dienone is 4.